The molecule has 2 rings (SSSR count). The highest BCUT2D eigenvalue weighted by molar-refractivity contribution is 5.73. The maximum Gasteiger partial charge on any atom is 0.0890 e. The van der Waals surface area contributed by atoms with Gasteiger partial charge >= 0.3 is 0 Å². The van der Waals surface area contributed by atoms with Gasteiger partial charge in [-0.15, -0.1) is 0 Å². The quantitative estimate of drug-likeness (QED) is 0.857. The molecule has 0 amide bonds. The Labute approximate surface area is 115 Å². The largest absolute Gasteiger partial charge is 0.309 e. The zero-order valence-corrected chi connectivity index (χ0v) is 12.1. The van der Waals surface area contributed by atoms with E-state index in [1.807, 2.05) is 30.5 Å². The van der Waals surface area contributed by atoms with Crippen LogP contribution in [0.4, 0.5) is 0 Å². The van der Waals surface area contributed by atoms with Gasteiger partial charge < -0.3 is 5.32 Å². The molecule has 1 atom stereocenters. The number of nitrogens with one attached hydrogen (secondary N) is 1. The maximum absolute atomic E-state index is 4.75. The van der Waals surface area contributed by atoms with Crippen molar-refractivity contribution < 1.29 is 0 Å². The molecule has 0 saturated carbocycles. The summed E-state index contributed by atoms with van der Waals surface area (Å²) < 4.78 is 0. The SMILES string of the molecule is CCNC(CCC(C)C)c1cnc2ccccc2n1. The van der Waals surface area contributed by atoms with Crippen LogP contribution in [0.15, 0.2) is 30.5 Å². The molecule has 0 saturated heterocycles. The standard InChI is InChI=1S/C16H23N3/c1-4-17-14(10-9-12(2)3)16-11-18-13-7-5-6-8-15(13)19-16/h5-8,11-12,14,17H,4,9-10H2,1-3H3. The molecule has 0 aliphatic carbocycles. The van der Waals surface area contributed by atoms with E-state index in [4.69, 9.17) is 4.98 Å². The molecule has 3 nitrogen and oxygen atoms in total. The summed E-state index contributed by atoms with van der Waals surface area (Å²) in [6.07, 6.45) is 4.22. The minimum atomic E-state index is 0.310. The monoisotopic (exact) mass is 257 g/mol. The molecular weight excluding hydrogens is 234 g/mol. The summed E-state index contributed by atoms with van der Waals surface area (Å²) in [7, 11) is 0. The Morgan fingerprint density at radius 1 is 1.11 bits per heavy atom. The summed E-state index contributed by atoms with van der Waals surface area (Å²) >= 11 is 0. The number of fused-ring (bicyclic) bond motifs is 1. The summed E-state index contributed by atoms with van der Waals surface area (Å²) in [4.78, 5) is 9.26. The van der Waals surface area contributed by atoms with Gasteiger partial charge in [0.1, 0.15) is 0 Å². The molecule has 102 valence electrons. The summed E-state index contributed by atoms with van der Waals surface area (Å²) in [6, 6.07) is 8.35. The van der Waals surface area contributed by atoms with Gasteiger partial charge in [-0.05, 0) is 37.4 Å². The molecule has 0 fully saturated rings. The van der Waals surface area contributed by atoms with E-state index in [0.29, 0.717) is 6.04 Å². The van der Waals surface area contributed by atoms with Crippen molar-refractivity contribution >= 4 is 11.0 Å². The average Bonchev–Trinajstić information content (AvgIpc) is 2.42. The van der Waals surface area contributed by atoms with E-state index >= 15 is 0 Å². The zero-order valence-electron chi connectivity index (χ0n) is 12.1. The van der Waals surface area contributed by atoms with Gasteiger partial charge in [-0.2, -0.15) is 0 Å². The van der Waals surface area contributed by atoms with Gasteiger partial charge in [-0.3, -0.25) is 4.98 Å². The first kappa shape index (κ1) is 13.9. The van der Waals surface area contributed by atoms with E-state index in [0.717, 1.165) is 35.6 Å². The fourth-order valence-electron chi connectivity index (χ4n) is 2.24. The molecule has 2 aromatic rings. The normalized spacial score (nSPS) is 13.1. The fourth-order valence-corrected chi connectivity index (χ4v) is 2.24. The van der Waals surface area contributed by atoms with Gasteiger partial charge in [-0.1, -0.05) is 32.9 Å². The molecule has 0 bridgehead atoms. The number of hydrogen-bond acceptors (Lipinski definition) is 3. The maximum atomic E-state index is 4.75. The van der Waals surface area contributed by atoms with E-state index in [9.17, 15) is 0 Å². The Morgan fingerprint density at radius 3 is 2.53 bits per heavy atom. The lowest BCUT2D eigenvalue weighted by Gasteiger charge is -2.18. The highest BCUT2D eigenvalue weighted by atomic mass is 14.9. The van der Waals surface area contributed by atoms with E-state index in [-0.39, 0.29) is 0 Å². The van der Waals surface area contributed by atoms with Crippen molar-refractivity contribution in [1.82, 2.24) is 15.3 Å². The molecule has 1 N–H and O–H groups in total. The van der Waals surface area contributed by atoms with Crippen LogP contribution in [0.2, 0.25) is 0 Å². The van der Waals surface area contributed by atoms with Crippen molar-refractivity contribution in [3.63, 3.8) is 0 Å². The molecule has 0 aliphatic rings. The second kappa shape index (κ2) is 6.62. The van der Waals surface area contributed by atoms with Crippen molar-refractivity contribution in [2.75, 3.05) is 6.54 Å². The average molecular weight is 257 g/mol. The van der Waals surface area contributed by atoms with Crippen LogP contribution in [-0.2, 0) is 0 Å². The first-order chi connectivity index (χ1) is 9.20. The lowest BCUT2D eigenvalue weighted by molar-refractivity contribution is 0.441. The minimum Gasteiger partial charge on any atom is -0.309 e. The molecule has 0 spiro atoms. The smallest absolute Gasteiger partial charge is 0.0890 e. The lowest BCUT2D eigenvalue weighted by Crippen LogP contribution is -2.22. The van der Waals surface area contributed by atoms with Crippen LogP contribution in [0.25, 0.3) is 11.0 Å². The third-order valence-corrected chi connectivity index (χ3v) is 3.31. The van der Waals surface area contributed by atoms with Gasteiger partial charge in [0.2, 0.25) is 0 Å². The number of nitrogens with zero attached hydrogens (tertiary/aromatic N) is 2. The van der Waals surface area contributed by atoms with E-state index in [1.165, 1.54) is 6.42 Å². The summed E-state index contributed by atoms with van der Waals surface area (Å²) in [6.45, 7) is 7.61. The highest BCUT2D eigenvalue weighted by Crippen LogP contribution is 2.20. The molecule has 1 aromatic heterocycles. The Balaban J connectivity index is 2.22. The third-order valence-electron chi connectivity index (χ3n) is 3.31. The van der Waals surface area contributed by atoms with E-state index in [1.54, 1.807) is 0 Å². The predicted molar refractivity (Wildman–Crippen MR) is 80.0 cm³/mol. The Kier molecular flexibility index (Phi) is 4.86. The number of benzene rings is 1. The molecule has 0 radical (unpaired) electrons. The van der Waals surface area contributed by atoms with Crippen LogP contribution in [0.5, 0.6) is 0 Å². The van der Waals surface area contributed by atoms with Crippen LogP contribution >= 0.6 is 0 Å². The zero-order chi connectivity index (χ0) is 13.7. The van der Waals surface area contributed by atoms with Crippen LogP contribution in [-0.4, -0.2) is 16.5 Å². The van der Waals surface area contributed by atoms with Crippen LogP contribution in [0.3, 0.4) is 0 Å². The van der Waals surface area contributed by atoms with Crippen molar-refractivity contribution in [3.8, 4) is 0 Å². The Hall–Kier alpha value is -1.48. The molecule has 19 heavy (non-hydrogen) atoms. The second-order valence-electron chi connectivity index (χ2n) is 5.37. The van der Waals surface area contributed by atoms with Crippen molar-refractivity contribution in [3.05, 3.63) is 36.2 Å². The summed E-state index contributed by atoms with van der Waals surface area (Å²) in [5, 5.41) is 3.52. The highest BCUT2D eigenvalue weighted by Gasteiger charge is 2.13. The van der Waals surface area contributed by atoms with Gasteiger partial charge in [-0.25, -0.2) is 4.98 Å². The summed E-state index contributed by atoms with van der Waals surface area (Å²) in [5.74, 6) is 0.717. The first-order valence-electron chi connectivity index (χ1n) is 7.15. The van der Waals surface area contributed by atoms with Gasteiger partial charge in [0, 0.05) is 0 Å². The van der Waals surface area contributed by atoms with Gasteiger partial charge in [0.05, 0.1) is 29.0 Å². The number of hydrogen-bond donors (Lipinski definition) is 1. The van der Waals surface area contributed by atoms with Gasteiger partial charge in [0.15, 0.2) is 0 Å². The van der Waals surface area contributed by atoms with Crippen LogP contribution < -0.4 is 5.32 Å². The molecule has 1 heterocycles. The molecular formula is C16H23N3. The topological polar surface area (TPSA) is 37.8 Å². The molecule has 0 aliphatic heterocycles. The number of aromatic nitrogens is 2. The lowest BCUT2D eigenvalue weighted by atomic mass is 10.0. The van der Waals surface area contributed by atoms with Crippen molar-refractivity contribution in [2.45, 2.75) is 39.7 Å². The minimum absolute atomic E-state index is 0.310. The van der Waals surface area contributed by atoms with Gasteiger partial charge in [0.25, 0.3) is 0 Å². The van der Waals surface area contributed by atoms with E-state index in [2.05, 4.69) is 31.1 Å². The third kappa shape index (κ3) is 3.74. The molecule has 3 heteroatoms. The van der Waals surface area contributed by atoms with E-state index < -0.39 is 0 Å². The second-order valence-corrected chi connectivity index (χ2v) is 5.37. The number of rotatable bonds is 6. The Bertz CT molecular complexity index is 522. The Morgan fingerprint density at radius 2 is 1.84 bits per heavy atom. The van der Waals surface area contributed by atoms with Crippen molar-refractivity contribution in [1.29, 1.82) is 0 Å². The first-order valence-corrected chi connectivity index (χ1v) is 7.15. The summed E-state index contributed by atoms with van der Waals surface area (Å²) in [5.41, 5.74) is 3.00. The fraction of sp³-hybridized carbons (Fsp3) is 0.500. The van der Waals surface area contributed by atoms with Crippen LogP contribution in [0.1, 0.15) is 45.3 Å². The predicted octanol–water partition coefficient (Wildman–Crippen LogP) is 3.72. The number of para-hydroxylation sites is 2. The van der Waals surface area contributed by atoms with Crippen molar-refractivity contribution in [2.24, 2.45) is 5.92 Å². The molecule has 1 unspecified atom stereocenters. The molecule has 1 aromatic carbocycles. The van der Waals surface area contributed by atoms with Crippen LogP contribution in [0, 0.1) is 5.92 Å².